The number of hydrogen-bond acceptors (Lipinski definition) is 6. The summed E-state index contributed by atoms with van der Waals surface area (Å²) in [6.07, 6.45) is 0.0126. The smallest absolute Gasteiger partial charge is 0.361 e. The number of benzene rings is 3. The minimum atomic E-state index is -0.930. The summed E-state index contributed by atoms with van der Waals surface area (Å²) in [5.74, 6) is 0.151. The van der Waals surface area contributed by atoms with Crippen molar-refractivity contribution in [3.8, 4) is 5.75 Å². The number of aryl methyl sites for hydroxylation is 1. The first-order chi connectivity index (χ1) is 18.2. The van der Waals surface area contributed by atoms with Gasteiger partial charge in [-0.05, 0) is 49.7 Å². The van der Waals surface area contributed by atoms with Crippen LogP contribution in [0.1, 0.15) is 28.9 Å². The van der Waals surface area contributed by atoms with Gasteiger partial charge in [-0.3, -0.25) is 4.79 Å². The van der Waals surface area contributed by atoms with E-state index in [1.54, 1.807) is 18.9 Å². The van der Waals surface area contributed by atoms with Crippen molar-refractivity contribution in [1.82, 2.24) is 9.38 Å². The molecule has 1 heterocycles. The lowest BCUT2D eigenvalue weighted by atomic mass is 10.0. The second kappa shape index (κ2) is 13.8. The van der Waals surface area contributed by atoms with Crippen LogP contribution in [0.15, 0.2) is 77.7 Å². The van der Waals surface area contributed by atoms with E-state index in [0.717, 1.165) is 34.9 Å². The topological polar surface area (TPSA) is 55.8 Å². The van der Waals surface area contributed by atoms with Crippen LogP contribution in [0.4, 0.5) is 5.69 Å². The van der Waals surface area contributed by atoms with E-state index in [2.05, 4.69) is 49.2 Å². The van der Waals surface area contributed by atoms with Crippen molar-refractivity contribution in [3.63, 3.8) is 0 Å². The third-order valence-corrected chi connectivity index (χ3v) is 8.56. The summed E-state index contributed by atoms with van der Waals surface area (Å²) in [5, 5.41) is -0.377. The molecule has 4 rings (SSSR count). The standard InChI is InChI=1S/C31H37N2O4S.HI/c1-22-9-8-10-24(21-22)17-18-32(3)19-20-33(4)27-11-6-7-12-28(27)38-30(29(31(33)35)37-23(2)34)25-13-15-26(36-5)16-14-25;/h6-16,21,29-30H,17-20H2,1-5H3;1H/q+1;/p-1/t29-,30+,33?;/m0./s1. The molecule has 0 N–H and O–H groups in total. The minimum Gasteiger partial charge on any atom is -1.00 e. The van der Waals surface area contributed by atoms with Crippen LogP contribution in [-0.2, 0) is 20.7 Å². The number of ether oxygens (including phenoxy) is 2. The number of rotatable bonds is 9. The Hall–Kier alpha value is -2.40. The van der Waals surface area contributed by atoms with Crippen LogP contribution in [0, 0.1) is 6.92 Å². The van der Waals surface area contributed by atoms with Gasteiger partial charge in [0.2, 0.25) is 6.10 Å². The Kier molecular flexibility index (Phi) is 11.0. The summed E-state index contributed by atoms with van der Waals surface area (Å²) in [7, 11) is 5.66. The van der Waals surface area contributed by atoms with Crippen LogP contribution >= 0.6 is 11.8 Å². The number of amides is 1. The molecule has 0 aromatic heterocycles. The molecule has 3 aromatic rings. The van der Waals surface area contributed by atoms with Gasteiger partial charge in [0, 0.05) is 26.1 Å². The molecule has 1 aliphatic rings. The van der Waals surface area contributed by atoms with Crippen molar-refractivity contribution in [2.45, 2.75) is 36.5 Å². The fraction of sp³-hybridized carbons (Fsp3) is 0.355. The molecule has 6 nitrogen and oxygen atoms in total. The predicted molar refractivity (Wildman–Crippen MR) is 154 cm³/mol. The molecule has 0 fully saturated rings. The lowest BCUT2D eigenvalue weighted by Gasteiger charge is -2.34. The SMILES string of the molecule is COc1ccc([C@H]2Sc3ccccc3[N+](C)(CCN(C)CCc3cccc(C)c3)C(=O)[C@H]2OC(C)=O)cc1.[I-]. The van der Waals surface area contributed by atoms with Crippen molar-refractivity contribution in [2.75, 3.05) is 40.8 Å². The lowest BCUT2D eigenvalue weighted by molar-refractivity contribution is -0.157. The van der Waals surface area contributed by atoms with Crippen LogP contribution in [0.2, 0.25) is 0 Å². The number of nitrogens with zero attached hydrogens (tertiary/aromatic N) is 2. The molecular weight excluding hydrogens is 623 g/mol. The number of fused-ring (bicyclic) bond motifs is 1. The van der Waals surface area contributed by atoms with Crippen LogP contribution in [0.5, 0.6) is 5.75 Å². The number of quaternary nitrogens is 1. The second-order valence-corrected chi connectivity index (χ2v) is 11.3. The number of hydrogen-bond donors (Lipinski definition) is 0. The van der Waals surface area contributed by atoms with E-state index < -0.39 is 12.1 Å². The number of thioether (sulfide) groups is 1. The average molecular weight is 661 g/mol. The minimum absolute atomic E-state index is 0. The van der Waals surface area contributed by atoms with E-state index in [0.29, 0.717) is 13.1 Å². The van der Waals surface area contributed by atoms with Crippen molar-refractivity contribution in [2.24, 2.45) is 0 Å². The molecule has 3 atom stereocenters. The van der Waals surface area contributed by atoms with Crippen LogP contribution < -0.4 is 33.2 Å². The molecule has 1 amide bonds. The highest BCUT2D eigenvalue weighted by Crippen LogP contribution is 2.48. The monoisotopic (exact) mass is 660 g/mol. The Morgan fingerprint density at radius 1 is 1.03 bits per heavy atom. The van der Waals surface area contributed by atoms with Gasteiger partial charge < -0.3 is 38.4 Å². The highest BCUT2D eigenvalue weighted by molar-refractivity contribution is 7.99. The van der Waals surface area contributed by atoms with Crippen molar-refractivity contribution in [1.29, 1.82) is 0 Å². The largest absolute Gasteiger partial charge is 1.00 e. The van der Waals surface area contributed by atoms with Gasteiger partial charge in [-0.2, -0.15) is 0 Å². The summed E-state index contributed by atoms with van der Waals surface area (Å²) in [6.45, 7) is 5.64. The van der Waals surface area contributed by atoms with Crippen LogP contribution in [0.3, 0.4) is 0 Å². The molecule has 0 saturated heterocycles. The molecule has 208 valence electrons. The Labute approximate surface area is 253 Å². The first-order valence-corrected chi connectivity index (χ1v) is 13.8. The predicted octanol–water partition coefficient (Wildman–Crippen LogP) is 2.42. The van der Waals surface area contributed by atoms with Crippen LogP contribution in [0.25, 0.3) is 0 Å². The number of methoxy groups -OCH3 is 1. The highest BCUT2D eigenvalue weighted by atomic mass is 127. The zero-order chi connectivity index (χ0) is 27.3. The van der Waals surface area contributed by atoms with Gasteiger partial charge in [-0.15, -0.1) is 11.8 Å². The van der Waals surface area contributed by atoms with Gasteiger partial charge in [-0.25, -0.2) is 9.28 Å². The normalized spacial score (nSPS) is 20.5. The van der Waals surface area contributed by atoms with E-state index >= 15 is 0 Å². The number of likely N-dealkylation sites (N-methyl/N-ethyl adjacent to an activating group) is 2. The zero-order valence-electron chi connectivity index (χ0n) is 23.2. The van der Waals surface area contributed by atoms with E-state index in [9.17, 15) is 9.59 Å². The molecule has 0 saturated carbocycles. The molecule has 1 unspecified atom stereocenters. The van der Waals surface area contributed by atoms with E-state index in [-0.39, 0.29) is 39.6 Å². The number of carbonyl (C=O) groups excluding carboxylic acids is 2. The lowest BCUT2D eigenvalue weighted by Crippen LogP contribution is -3.00. The van der Waals surface area contributed by atoms with Crippen molar-refractivity contribution in [3.05, 3.63) is 89.5 Å². The fourth-order valence-corrected chi connectivity index (χ4v) is 6.33. The van der Waals surface area contributed by atoms with E-state index in [4.69, 9.17) is 9.47 Å². The van der Waals surface area contributed by atoms with Crippen molar-refractivity contribution >= 4 is 29.3 Å². The second-order valence-electron chi connectivity index (χ2n) is 10.1. The van der Waals surface area contributed by atoms with Gasteiger partial charge >= 0.3 is 11.9 Å². The number of halogens is 1. The van der Waals surface area contributed by atoms with E-state index in [1.165, 1.54) is 18.1 Å². The Bertz CT molecular complexity index is 1290. The number of esters is 1. The molecule has 1 aliphatic heterocycles. The third kappa shape index (κ3) is 7.42. The van der Waals surface area contributed by atoms with E-state index in [1.807, 2.05) is 49.5 Å². The summed E-state index contributed by atoms with van der Waals surface area (Å²) >= 11 is 1.58. The molecule has 8 heteroatoms. The first kappa shape index (κ1) is 31.1. The quantitative estimate of drug-likeness (QED) is 0.200. The van der Waals surface area contributed by atoms with Gasteiger partial charge in [-0.1, -0.05) is 54.1 Å². The van der Waals surface area contributed by atoms with Gasteiger partial charge in [0.25, 0.3) is 0 Å². The summed E-state index contributed by atoms with van der Waals surface area (Å²) < 4.78 is 11.2. The van der Waals surface area contributed by atoms with Crippen molar-refractivity contribution < 1.29 is 43.0 Å². The van der Waals surface area contributed by atoms with Gasteiger partial charge in [0.1, 0.15) is 12.3 Å². The molecule has 3 aromatic carbocycles. The highest BCUT2D eigenvalue weighted by Gasteiger charge is 2.50. The maximum absolute atomic E-state index is 14.3. The number of carbonyl (C=O) groups is 2. The summed E-state index contributed by atoms with van der Waals surface area (Å²) in [6, 6.07) is 24.2. The zero-order valence-corrected chi connectivity index (χ0v) is 26.2. The Morgan fingerprint density at radius 3 is 2.41 bits per heavy atom. The Balaban J connectivity index is 0.00000420. The van der Waals surface area contributed by atoms with Crippen LogP contribution in [-0.4, -0.2) is 63.7 Å². The molecular formula is C31H37IN2O4S. The molecule has 0 aliphatic carbocycles. The Morgan fingerprint density at radius 2 is 1.74 bits per heavy atom. The maximum atomic E-state index is 14.3. The molecule has 0 spiro atoms. The molecule has 0 bridgehead atoms. The summed E-state index contributed by atoms with van der Waals surface area (Å²) in [4.78, 5) is 29.8. The van der Waals surface area contributed by atoms with Gasteiger partial charge in [0.05, 0.1) is 24.3 Å². The van der Waals surface area contributed by atoms with Gasteiger partial charge in [0.15, 0.2) is 5.69 Å². The molecule has 0 radical (unpaired) electrons. The third-order valence-electron chi connectivity index (χ3n) is 7.19. The fourth-order valence-electron chi connectivity index (χ4n) is 4.92. The maximum Gasteiger partial charge on any atom is 0.361 e. The average Bonchev–Trinajstić information content (AvgIpc) is 3.00. The summed E-state index contributed by atoms with van der Waals surface area (Å²) in [5.41, 5.74) is 4.41. The first-order valence-electron chi connectivity index (χ1n) is 12.9. The molecule has 39 heavy (non-hydrogen) atoms. The number of para-hydroxylation sites is 1.